The molecule has 3 aromatic carbocycles. The van der Waals surface area contributed by atoms with Gasteiger partial charge in [-0.3, -0.25) is 4.79 Å². The second-order valence-electron chi connectivity index (χ2n) is 9.46. The van der Waals surface area contributed by atoms with E-state index in [0.717, 1.165) is 31.2 Å². The minimum atomic E-state index is -0.184. The molecule has 4 aromatic rings. The van der Waals surface area contributed by atoms with Gasteiger partial charge in [-0.15, -0.1) is 0 Å². The van der Waals surface area contributed by atoms with Gasteiger partial charge >= 0.3 is 0 Å². The average molecular weight is 566 g/mol. The number of para-hydroxylation sites is 1. The molecule has 0 bridgehead atoms. The van der Waals surface area contributed by atoms with E-state index >= 15 is 0 Å². The maximum atomic E-state index is 13.5. The standard InChI is InChI=1S/C30H29Cl2N3O4/c1-37-26-14-19(15-27(38-2)28(26)39-18-21-12-13-22(31)16-24(21)32)17-33-35-29(20-8-4-3-5-9-20)34-25-11-7-6-10-23(25)30(35)36/h6-7,10-17,20H,3-5,8-9,18H2,1-2H3. The Bertz CT molecular complexity index is 1550. The molecule has 1 saturated carbocycles. The second-order valence-corrected chi connectivity index (χ2v) is 10.3. The molecule has 5 rings (SSSR count). The summed E-state index contributed by atoms with van der Waals surface area (Å²) < 4.78 is 18.7. The molecule has 0 aliphatic heterocycles. The van der Waals surface area contributed by atoms with Crippen molar-refractivity contribution in [2.75, 3.05) is 14.2 Å². The first-order chi connectivity index (χ1) is 19.0. The highest BCUT2D eigenvalue weighted by molar-refractivity contribution is 6.35. The van der Waals surface area contributed by atoms with E-state index in [9.17, 15) is 4.79 Å². The molecule has 0 amide bonds. The van der Waals surface area contributed by atoms with Gasteiger partial charge in [0, 0.05) is 27.1 Å². The summed E-state index contributed by atoms with van der Waals surface area (Å²) in [5.74, 6) is 2.23. The van der Waals surface area contributed by atoms with Crippen LogP contribution in [0.2, 0.25) is 10.0 Å². The van der Waals surface area contributed by atoms with Gasteiger partial charge in [0.25, 0.3) is 5.56 Å². The maximum Gasteiger partial charge on any atom is 0.282 e. The molecule has 0 unspecified atom stereocenters. The molecule has 202 valence electrons. The fraction of sp³-hybridized carbons (Fsp3) is 0.300. The lowest BCUT2D eigenvalue weighted by molar-refractivity contribution is 0.266. The van der Waals surface area contributed by atoms with Crippen LogP contribution in [-0.2, 0) is 6.61 Å². The first kappa shape index (κ1) is 27.0. The van der Waals surface area contributed by atoms with Crippen molar-refractivity contribution in [3.63, 3.8) is 0 Å². The van der Waals surface area contributed by atoms with Crippen LogP contribution in [0.4, 0.5) is 0 Å². The van der Waals surface area contributed by atoms with Crippen molar-refractivity contribution in [3.8, 4) is 17.2 Å². The molecular formula is C30H29Cl2N3O4. The van der Waals surface area contributed by atoms with E-state index in [-0.39, 0.29) is 18.1 Å². The molecule has 39 heavy (non-hydrogen) atoms. The molecule has 1 aliphatic carbocycles. The zero-order chi connectivity index (χ0) is 27.4. The molecule has 1 heterocycles. The average Bonchev–Trinajstić information content (AvgIpc) is 2.96. The number of halogens is 2. The summed E-state index contributed by atoms with van der Waals surface area (Å²) in [6, 6.07) is 16.2. The van der Waals surface area contributed by atoms with Crippen molar-refractivity contribution in [1.82, 2.24) is 9.66 Å². The lowest BCUT2D eigenvalue weighted by atomic mass is 9.88. The van der Waals surface area contributed by atoms with E-state index in [2.05, 4.69) is 5.10 Å². The number of benzene rings is 3. The first-order valence-corrected chi connectivity index (χ1v) is 13.6. The Morgan fingerprint density at radius 3 is 2.41 bits per heavy atom. The lowest BCUT2D eigenvalue weighted by Gasteiger charge is -2.22. The van der Waals surface area contributed by atoms with Crippen LogP contribution in [-0.4, -0.2) is 30.1 Å². The largest absolute Gasteiger partial charge is 0.493 e. The van der Waals surface area contributed by atoms with Crippen molar-refractivity contribution in [2.24, 2.45) is 5.10 Å². The summed E-state index contributed by atoms with van der Waals surface area (Å²) in [6.45, 7) is 0.194. The maximum absolute atomic E-state index is 13.5. The highest BCUT2D eigenvalue weighted by Crippen LogP contribution is 2.39. The molecule has 0 atom stereocenters. The fourth-order valence-corrected chi connectivity index (χ4v) is 5.37. The highest BCUT2D eigenvalue weighted by Gasteiger charge is 2.22. The Morgan fingerprint density at radius 2 is 1.72 bits per heavy atom. The number of hydrogen-bond donors (Lipinski definition) is 0. The van der Waals surface area contributed by atoms with Crippen molar-refractivity contribution in [2.45, 2.75) is 44.6 Å². The number of aromatic nitrogens is 2. The van der Waals surface area contributed by atoms with Gasteiger partial charge in [0.2, 0.25) is 5.75 Å². The Labute approximate surface area is 236 Å². The first-order valence-electron chi connectivity index (χ1n) is 12.9. The number of methoxy groups -OCH3 is 2. The number of hydrogen-bond acceptors (Lipinski definition) is 6. The number of rotatable bonds is 8. The quantitative estimate of drug-likeness (QED) is 0.211. The summed E-state index contributed by atoms with van der Waals surface area (Å²) in [6.07, 6.45) is 7.05. The molecule has 9 heteroatoms. The molecule has 0 N–H and O–H groups in total. The zero-order valence-electron chi connectivity index (χ0n) is 21.8. The molecule has 0 saturated heterocycles. The molecule has 0 radical (unpaired) electrons. The Morgan fingerprint density at radius 1 is 1.00 bits per heavy atom. The van der Waals surface area contributed by atoms with Crippen LogP contribution >= 0.6 is 23.2 Å². The predicted molar refractivity (Wildman–Crippen MR) is 155 cm³/mol. The third-order valence-electron chi connectivity index (χ3n) is 6.94. The van der Waals surface area contributed by atoms with Crippen LogP contribution in [0.25, 0.3) is 10.9 Å². The van der Waals surface area contributed by atoms with Crippen molar-refractivity contribution in [3.05, 3.63) is 91.9 Å². The smallest absolute Gasteiger partial charge is 0.282 e. The van der Waals surface area contributed by atoms with Gasteiger partial charge in [-0.05, 0) is 49.2 Å². The summed E-state index contributed by atoms with van der Waals surface area (Å²) in [4.78, 5) is 18.4. The molecule has 1 fully saturated rings. The molecular weight excluding hydrogens is 537 g/mol. The predicted octanol–water partition coefficient (Wildman–Crippen LogP) is 7.23. The number of ether oxygens (including phenoxy) is 3. The van der Waals surface area contributed by atoms with Crippen LogP contribution in [0.1, 0.15) is 55.0 Å². The van der Waals surface area contributed by atoms with Crippen LogP contribution in [0.3, 0.4) is 0 Å². The van der Waals surface area contributed by atoms with Gasteiger partial charge in [-0.25, -0.2) is 4.98 Å². The van der Waals surface area contributed by atoms with Crippen molar-refractivity contribution < 1.29 is 14.2 Å². The van der Waals surface area contributed by atoms with E-state index in [0.29, 0.717) is 49.6 Å². The van der Waals surface area contributed by atoms with Crippen LogP contribution in [0, 0.1) is 0 Å². The van der Waals surface area contributed by atoms with Gasteiger partial charge in [-0.2, -0.15) is 9.78 Å². The van der Waals surface area contributed by atoms with Gasteiger partial charge < -0.3 is 14.2 Å². The Hall–Kier alpha value is -3.55. The molecule has 1 aliphatic rings. The molecule has 7 nitrogen and oxygen atoms in total. The highest BCUT2D eigenvalue weighted by atomic mass is 35.5. The normalized spacial score (nSPS) is 14.2. The van der Waals surface area contributed by atoms with Gasteiger partial charge in [-0.1, -0.05) is 60.7 Å². The van der Waals surface area contributed by atoms with E-state index in [1.807, 2.05) is 24.3 Å². The van der Waals surface area contributed by atoms with Crippen LogP contribution < -0.4 is 19.8 Å². The van der Waals surface area contributed by atoms with E-state index < -0.39 is 0 Å². The fourth-order valence-electron chi connectivity index (χ4n) is 4.91. The van der Waals surface area contributed by atoms with Gasteiger partial charge in [0.15, 0.2) is 11.5 Å². The van der Waals surface area contributed by atoms with E-state index in [4.69, 9.17) is 42.4 Å². The van der Waals surface area contributed by atoms with Crippen LogP contribution in [0.5, 0.6) is 17.2 Å². The third-order valence-corrected chi connectivity index (χ3v) is 7.53. The van der Waals surface area contributed by atoms with Crippen molar-refractivity contribution in [1.29, 1.82) is 0 Å². The minimum Gasteiger partial charge on any atom is -0.493 e. The number of fused-ring (bicyclic) bond motifs is 1. The lowest BCUT2D eigenvalue weighted by Crippen LogP contribution is -2.25. The van der Waals surface area contributed by atoms with Crippen LogP contribution in [0.15, 0.2) is 64.5 Å². The molecule has 1 aromatic heterocycles. The summed E-state index contributed by atoms with van der Waals surface area (Å²) in [5, 5.41) is 6.22. The second kappa shape index (κ2) is 12.1. The minimum absolute atomic E-state index is 0.184. The van der Waals surface area contributed by atoms with E-state index in [1.165, 1.54) is 11.1 Å². The summed E-state index contributed by atoms with van der Waals surface area (Å²) in [5.41, 5.74) is 1.96. The Kier molecular flexibility index (Phi) is 8.38. The van der Waals surface area contributed by atoms with Gasteiger partial charge in [0.1, 0.15) is 12.4 Å². The van der Waals surface area contributed by atoms with Crippen molar-refractivity contribution >= 4 is 40.3 Å². The third kappa shape index (κ3) is 5.89. The molecule has 0 spiro atoms. The number of nitrogens with zero attached hydrogens (tertiary/aromatic N) is 3. The zero-order valence-corrected chi connectivity index (χ0v) is 23.3. The van der Waals surface area contributed by atoms with E-state index in [1.54, 1.807) is 50.8 Å². The van der Waals surface area contributed by atoms with Gasteiger partial charge in [0.05, 0.1) is 31.3 Å². The SMILES string of the molecule is COc1cc(C=Nn2c(C3CCCCC3)nc3ccccc3c2=O)cc(OC)c1OCc1ccc(Cl)cc1Cl. The summed E-state index contributed by atoms with van der Waals surface area (Å²) in [7, 11) is 3.10. The summed E-state index contributed by atoms with van der Waals surface area (Å²) >= 11 is 12.3. The monoisotopic (exact) mass is 565 g/mol. The topological polar surface area (TPSA) is 74.9 Å². The Balaban J connectivity index is 1.50.